The van der Waals surface area contributed by atoms with Gasteiger partial charge in [-0.2, -0.15) is 0 Å². The molecule has 0 fully saturated rings. The summed E-state index contributed by atoms with van der Waals surface area (Å²) in [5.41, 5.74) is 1.01. The molecule has 0 saturated heterocycles. The highest BCUT2D eigenvalue weighted by molar-refractivity contribution is 6.32. The van der Waals surface area contributed by atoms with Gasteiger partial charge in [-0.1, -0.05) is 11.6 Å². The zero-order valence-electron chi connectivity index (χ0n) is 11.8. The Morgan fingerprint density at radius 2 is 2.00 bits per heavy atom. The van der Waals surface area contributed by atoms with E-state index in [1.54, 1.807) is 6.07 Å². The van der Waals surface area contributed by atoms with Crippen molar-refractivity contribution in [3.8, 4) is 11.5 Å². The van der Waals surface area contributed by atoms with Crippen LogP contribution in [-0.4, -0.2) is 25.9 Å². The molecule has 0 aliphatic heterocycles. The quantitative estimate of drug-likeness (QED) is 0.868. The van der Waals surface area contributed by atoms with Crippen LogP contribution in [0.1, 0.15) is 26.3 Å². The minimum atomic E-state index is -0.563. The number of benzene rings is 1. The van der Waals surface area contributed by atoms with Gasteiger partial charge in [0, 0.05) is 12.1 Å². The van der Waals surface area contributed by atoms with Gasteiger partial charge >= 0.3 is 0 Å². The molecule has 0 aliphatic carbocycles. The lowest BCUT2D eigenvalue weighted by molar-refractivity contribution is 0.260. The van der Waals surface area contributed by atoms with E-state index in [2.05, 4.69) is 26.1 Å². The maximum absolute atomic E-state index is 12.2. The Morgan fingerprint density at radius 1 is 1.32 bits per heavy atom. The van der Waals surface area contributed by atoms with Crippen molar-refractivity contribution in [2.75, 3.05) is 20.4 Å². The van der Waals surface area contributed by atoms with Crippen LogP contribution < -0.4 is 14.8 Å². The van der Waals surface area contributed by atoms with Gasteiger partial charge in [-0.3, -0.25) is 0 Å². The first-order chi connectivity index (χ1) is 8.87. The summed E-state index contributed by atoms with van der Waals surface area (Å²) in [4.78, 5) is 0. The third-order valence-electron chi connectivity index (χ3n) is 2.44. The Morgan fingerprint density at radius 3 is 2.53 bits per heavy atom. The molecule has 0 saturated carbocycles. The third-order valence-corrected chi connectivity index (χ3v) is 2.72. The Kier molecular flexibility index (Phi) is 5.88. The van der Waals surface area contributed by atoms with Crippen molar-refractivity contribution in [1.29, 1.82) is 0 Å². The highest BCUT2D eigenvalue weighted by atomic mass is 35.5. The van der Waals surface area contributed by atoms with E-state index in [1.807, 2.05) is 6.07 Å². The second kappa shape index (κ2) is 6.96. The predicted molar refractivity (Wildman–Crippen MR) is 76.1 cm³/mol. The van der Waals surface area contributed by atoms with Crippen molar-refractivity contribution in [3.63, 3.8) is 0 Å². The zero-order chi connectivity index (χ0) is 14.5. The number of halogens is 2. The summed E-state index contributed by atoms with van der Waals surface area (Å²) in [7, 11) is 1.54. The van der Waals surface area contributed by atoms with Crippen LogP contribution in [0.15, 0.2) is 12.1 Å². The molecule has 0 heterocycles. The minimum absolute atomic E-state index is 0.0170. The van der Waals surface area contributed by atoms with Crippen molar-refractivity contribution in [2.24, 2.45) is 0 Å². The molecule has 5 heteroatoms. The number of nitrogens with one attached hydrogen (secondary N) is 1. The lowest BCUT2D eigenvalue weighted by Gasteiger charge is -2.21. The molecule has 0 radical (unpaired) electrons. The summed E-state index contributed by atoms with van der Waals surface area (Å²) < 4.78 is 22.7. The number of ether oxygens (including phenoxy) is 2. The molecule has 108 valence electrons. The van der Waals surface area contributed by atoms with Crippen LogP contribution in [0, 0.1) is 0 Å². The molecule has 1 rings (SSSR count). The van der Waals surface area contributed by atoms with Gasteiger partial charge in [0.2, 0.25) is 0 Å². The lowest BCUT2D eigenvalue weighted by atomic mass is 10.1. The monoisotopic (exact) mass is 289 g/mol. The summed E-state index contributed by atoms with van der Waals surface area (Å²) >= 11 is 6.14. The molecule has 3 nitrogen and oxygen atoms in total. The van der Waals surface area contributed by atoms with Crippen LogP contribution in [0.4, 0.5) is 4.39 Å². The molecule has 1 aromatic rings. The van der Waals surface area contributed by atoms with Crippen LogP contribution in [-0.2, 0) is 6.54 Å². The number of rotatable bonds is 6. The largest absolute Gasteiger partial charge is 0.493 e. The van der Waals surface area contributed by atoms with Crippen molar-refractivity contribution in [3.05, 3.63) is 22.7 Å². The predicted octanol–water partition coefficient (Wildman–Crippen LogP) is 3.59. The first-order valence-electron chi connectivity index (χ1n) is 6.17. The summed E-state index contributed by atoms with van der Waals surface area (Å²) in [5.74, 6) is 0.910. The number of methoxy groups -OCH3 is 1. The smallest absolute Gasteiger partial charge is 0.179 e. The standard InChI is InChI=1S/C14H21ClFNO2/c1-14(2,3)17-9-10-7-11(15)13(19-6-5-16)12(8-10)18-4/h7-8,17H,5-6,9H2,1-4H3. The van der Waals surface area contributed by atoms with E-state index in [4.69, 9.17) is 21.1 Å². The zero-order valence-corrected chi connectivity index (χ0v) is 12.6. The van der Waals surface area contributed by atoms with Gasteiger partial charge in [-0.15, -0.1) is 0 Å². The van der Waals surface area contributed by atoms with Crippen LogP contribution in [0.2, 0.25) is 5.02 Å². The second-order valence-corrected chi connectivity index (χ2v) is 5.66. The lowest BCUT2D eigenvalue weighted by Crippen LogP contribution is -2.35. The van der Waals surface area contributed by atoms with Crippen LogP contribution in [0.3, 0.4) is 0 Å². The molecule has 0 atom stereocenters. The number of hydrogen-bond donors (Lipinski definition) is 1. The summed E-state index contributed by atoms with van der Waals surface area (Å²) in [5, 5.41) is 3.79. The molecule has 0 spiro atoms. The highest BCUT2D eigenvalue weighted by Crippen LogP contribution is 2.36. The SMILES string of the molecule is COc1cc(CNC(C)(C)C)cc(Cl)c1OCCF. The summed E-state index contributed by atoms with van der Waals surface area (Å²) in [6.45, 7) is 6.34. The topological polar surface area (TPSA) is 30.5 Å². The van der Waals surface area contributed by atoms with Gasteiger partial charge in [-0.25, -0.2) is 4.39 Å². The molecule has 0 amide bonds. The Labute approximate surface area is 119 Å². The molecular weight excluding hydrogens is 269 g/mol. The first-order valence-corrected chi connectivity index (χ1v) is 6.55. The number of hydrogen-bond acceptors (Lipinski definition) is 3. The van der Waals surface area contributed by atoms with Gasteiger partial charge in [0.25, 0.3) is 0 Å². The average Bonchev–Trinajstić information content (AvgIpc) is 2.33. The van der Waals surface area contributed by atoms with E-state index >= 15 is 0 Å². The fourth-order valence-electron chi connectivity index (χ4n) is 1.52. The summed E-state index contributed by atoms with van der Waals surface area (Å²) in [6, 6.07) is 3.65. The van der Waals surface area contributed by atoms with E-state index in [-0.39, 0.29) is 12.1 Å². The Bertz CT molecular complexity index is 419. The molecule has 0 bridgehead atoms. The maximum Gasteiger partial charge on any atom is 0.179 e. The van der Waals surface area contributed by atoms with Gasteiger partial charge in [-0.05, 0) is 38.5 Å². The molecular formula is C14H21ClFNO2. The Hall–Kier alpha value is -1.00. The minimum Gasteiger partial charge on any atom is -0.493 e. The summed E-state index contributed by atoms with van der Waals surface area (Å²) in [6.07, 6.45) is 0. The van der Waals surface area contributed by atoms with E-state index in [0.29, 0.717) is 23.1 Å². The van der Waals surface area contributed by atoms with Gasteiger partial charge in [0.05, 0.1) is 12.1 Å². The van der Waals surface area contributed by atoms with Gasteiger partial charge in [0.15, 0.2) is 11.5 Å². The third kappa shape index (κ3) is 5.25. The Balaban J connectivity index is 2.89. The first kappa shape index (κ1) is 16.1. The van der Waals surface area contributed by atoms with E-state index in [0.717, 1.165) is 5.56 Å². The molecule has 0 aromatic heterocycles. The van der Waals surface area contributed by atoms with Crippen molar-refractivity contribution >= 4 is 11.6 Å². The van der Waals surface area contributed by atoms with E-state index < -0.39 is 6.67 Å². The van der Waals surface area contributed by atoms with Crippen LogP contribution in [0.5, 0.6) is 11.5 Å². The highest BCUT2D eigenvalue weighted by Gasteiger charge is 2.14. The second-order valence-electron chi connectivity index (χ2n) is 5.25. The van der Waals surface area contributed by atoms with Crippen molar-refractivity contribution < 1.29 is 13.9 Å². The van der Waals surface area contributed by atoms with Gasteiger partial charge in [0.1, 0.15) is 13.3 Å². The molecule has 1 N–H and O–H groups in total. The molecule has 19 heavy (non-hydrogen) atoms. The van der Waals surface area contributed by atoms with E-state index in [1.165, 1.54) is 7.11 Å². The van der Waals surface area contributed by atoms with Crippen LogP contribution in [0.25, 0.3) is 0 Å². The van der Waals surface area contributed by atoms with E-state index in [9.17, 15) is 4.39 Å². The normalized spacial score (nSPS) is 11.5. The fourth-order valence-corrected chi connectivity index (χ4v) is 1.81. The van der Waals surface area contributed by atoms with Crippen LogP contribution >= 0.6 is 11.6 Å². The molecule has 0 aliphatic rings. The van der Waals surface area contributed by atoms with Gasteiger partial charge < -0.3 is 14.8 Å². The van der Waals surface area contributed by atoms with Crippen molar-refractivity contribution in [2.45, 2.75) is 32.9 Å². The fraction of sp³-hybridized carbons (Fsp3) is 0.571. The maximum atomic E-state index is 12.2. The molecule has 0 unspecified atom stereocenters. The molecule has 1 aromatic carbocycles. The average molecular weight is 290 g/mol. The number of alkyl halides is 1. The van der Waals surface area contributed by atoms with Crippen molar-refractivity contribution in [1.82, 2.24) is 5.32 Å².